The molecule has 0 fully saturated rings. The van der Waals surface area contributed by atoms with E-state index in [4.69, 9.17) is 24.4 Å². The highest BCUT2D eigenvalue weighted by atomic mass is 32.1. The van der Waals surface area contributed by atoms with Crippen LogP contribution in [0.4, 0.5) is 0 Å². The fourth-order valence-electron chi connectivity index (χ4n) is 1.76. The number of aromatic nitrogens is 4. The first-order valence-electron chi connectivity index (χ1n) is 5.77. The highest BCUT2D eigenvalue weighted by molar-refractivity contribution is 7.72. The van der Waals surface area contributed by atoms with Crippen molar-refractivity contribution in [3.8, 4) is 0 Å². The molecule has 92 valence electrons. The Balaban J connectivity index is 2.80. The van der Waals surface area contributed by atoms with E-state index in [-0.39, 0.29) is 0 Å². The summed E-state index contributed by atoms with van der Waals surface area (Å²) in [5.41, 5.74) is 1.75. The summed E-state index contributed by atoms with van der Waals surface area (Å²) in [4.78, 5) is 10.9. The quantitative estimate of drug-likeness (QED) is 0.835. The fourth-order valence-corrected chi connectivity index (χ4v) is 2.35. The Hall–Kier alpha value is -1.01. The van der Waals surface area contributed by atoms with Gasteiger partial charge in [-0.05, 0) is 18.6 Å². The third-order valence-corrected chi connectivity index (χ3v) is 3.27. The van der Waals surface area contributed by atoms with Crippen LogP contribution in [0, 0.1) is 9.41 Å². The van der Waals surface area contributed by atoms with Crippen LogP contribution in [-0.4, -0.2) is 19.5 Å². The summed E-state index contributed by atoms with van der Waals surface area (Å²) in [6.45, 7) is 7.17. The minimum Gasteiger partial charge on any atom is -0.338 e. The average molecular weight is 268 g/mol. The molecule has 0 aliphatic rings. The summed E-state index contributed by atoms with van der Waals surface area (Å²) in [5.74, 6) is 1.30. The normalized spacial score (nSPS) is 11.5. The SMILES string of the molecule is CCCn1c(=S)[nH]c(=S)c2[nH]c(C(C)C)nc21. The van der Waals surface area contributed by atoms with E-state index in [0.29, 0.717) is 15.3 Å². The van der Waals surface area contributed by atoms with Gasteiger partial charge in [0.1, 0.15) is 16.0 Å². The molecule has 0 bridgehead atoms. The van der Waals surface area contributed by atoms with E-state index in [2.05, 4.69) is 35.7 Å². The van der Waals surface area contributed by atoms with E-state index in [0.717, 1.165) is 30.0 Å². The van der Waals surface area contributed by atoms with Crippen molar-refractivity contribution in [1.29, 1.82) is 0 Å². The molecule has 0 amide bonds. The number of rotatable bonds is 3. The lowest BCUT2D eigenvalue weighted by Crippen LogP contribution is -2.04. The number of aromatic amines is 2. The molecule has 0 atom stereocenters. The highest BCUT2D eigenvalue weighted by Crippen LogP contribution is 2.18. The highest BCUT2D eigenvalue weighted by Gasteiger charge is 2.11. The predicted octanol–water partition coefficient (Wildman–Crippen LogP) is 3.68. The van der Waals surface area contributed by atoms with Crippen LogP contribution in [0.3, 0.4) is 0 Å². The first-order chi connectivity index (χ1) is 8.04. The molecule has 0 aliphatic carbocycles. The van der Waals surface area contributed by atoms with Crippen molar-refractivity contribution in [2.45, 2.75) is 39.7 Å². The molecule has 2 N–H and O–H groups in total. The number of H-pyrrole nitrogens is 2. The van der Waals surface area contributed by atoms with Gasteiger partial charge in [0.05, 0.1) is 0 Å². The monoisotopic (exact) mass is 268 g/mol. The second-order valence-electron chi connectivity index (χ2n) is 4.39. The van der Waals surface area contributed by atoms with Gasteiger partial charge >= 0.3 is 0 Å². The Kier molecular flexibility index (Phi) is 3.44. The summed E-state index contributed by atoms with van der Waals surface area (Å²) in [6.07, 6.45) is 1.01. The van der Waals surface area contributed by atoms with Gasteiger partial charge in [-0.25, -0.2) is 4.98 Å². The number of imidazole rings is 1. The van der Waals surface area contributed by atoms with Gasteiger partial charge in [0, 0.05) is 12.5 Å². The Morgan fingerprint density at radius 3 is 2.59 bits per heavy atom. The third-order valence-electron chi connectivity index (χ3n) is 2.65. The van der Waals surface area contributed by atoms with Crippen LogP contribution in [0.25, 0.3) is 11.2 Å². The summed E-state index contributed by atoms with van der Waals surface area (Å²) in [6, 6.07) is 0. The number of fused-ring (bicyclic) bond motifs is 1. The van der Waals surface area contributed by atoms with Crippen molar-refractivity contribution >= 4 is 35.6 Å². The van der Waals surface area contributed by atoms with Crippen molar-refractivity contribution in [3.05, 3.63) is 15.2 Å². The minimum atomic E-state index is 0.348. The van der Waals surface area contributed by atoms with Crippen LogP contribution >= 0.6 is 24.4 Å². The van der Waals surface area contributed by atoms with Gasteiger partial charge < -0.3 is 14.5 Å². The summed E-state index contributed by atoms with van der Waals surface area (Å²) in [7, 11) is 0. The topological polar surface area (TPSA) is 49.4 Å². The van der Waals surface area contributed by atoms with Gasteiger partial charge in [-0.3, -0.25) is 0 Å². The van der Waals surface area contributed by atoms with Crippen LogP contribution in [-0.2, 0) is 6.54 Å². The molecule has 6 heteroatoms. The van der Waals surface area contributed by atoms with E-state index in [9.17, 15) is 0 Å². The maximum Gasteiger partial charge on any atom is 0.179 e. The zero-order chi connectivity index (χ0) is 12.6. The molecule has 0 spiro atoms. The largest absolute Gasteiger partial charge is 0.338 e. The predicted molar refractivity (Wildman–Crippen MR) is 74.5 cm³/mol. The van der Waals surface area contributed by atoms with E-state index >= 15 is 0 Å². The van der Waals surface area contributed by atoms with Gasteiger partial charge in [0.2, 0.25) is 0 Å². The van der Waals surface area contributed by atoms with Gasteiger partial charge in [0.15, 0.2) is 10.4 Å². The molecule has 0 saturated carbocycles. The van der Waals surface area contributed by atoms with Gasteiger partial charge in [-0.2, -0.15) is 0 Å². The molecule has 2 aromatic heterocycles. The summed E-state index contributed by atoms with van der Waals surface area (Å²) < 4.78 is 3.28. The number of hydrogen-bond acceptors (Lipinski definition) is 3. The van der Waals surface area contributed by atoms with Crippen molar-refractivity contribution in [3.63, 3.8) is 0 Å². The molecule has 4 nitrogen and oxygen atoms in total. The fraction of sp³-hybridized carbons (Fsp3) is 0.545. The summed E-state index contributed by atoms with van der Waals surface area (Å²) in [5, 5.41) is 0. The number of nitrogens with zero attached hydrogens (tertiary/aromatic N) is 2. The molecule has 2 heterocycles. The smallest absolute Gasteiger partial charge is 0.179 e. The lowest BCUT2D eigenvalue weighted by molar-refractivity contribution is 0.668. The van der Waals surface area contributed by atoms with Crippen LogP contribution in [0.15, 0.2) is 0 Å². The van der Waals surface area contributed by atoms with Crippen LogP contribution in [0.5, 0.6) is 0 Å². The van der Waals surface area contributed by atoms with Crippen molar-refractivity contribution in [1.82, 2.24) is 19.5 Å². The molecule has 17 heavy (non-hydrogen) atoms. The van der Waals surface area contributed by atoms with Crippen molar-refractivity contribution < 1.29 is 0 Å². The second-order valence-corrected chi connectivity index (χ2v) is 5.18. The zero-order valence-electron chi connectivity index (χ0n) is 10.2. The molecule has 0 aliphatic heterocycles. The molecule has 2 rings (SSSR count). The van der Waals surface area contributed by atoms with Gasteiger partial charge in [0.25, 0.3) is 0 Å². The van der Waals surface area contributed by atoms with Crippen molar-refractivity contribution in [2.75, 3.05) is 0 Å². The van der Waals surface area contributed by atoms with Gasteiger partial charge in [-0.1, -0.05) is 33.0 Å². The molecule has 0 unspecified atom stereocenters. The summed E-state index contributed by atoms with van der Waals surface area (Å²) >= 11 is 10.6. The van der Waals surface area contributed by atoms with Crippen LogP contribution < -0.4 is 0 Å². The van der Waals surface area contributed by atoms with Gasteiger partial charge in [-0.15, -0.1) is 0 Å². The standard InChI is InChI=1S/C11H16N4S2/c1-4-5-15-9-7(10(16)14-11(15)17)12-8(13-9)6(2)3/h6H,4-5H2,1-3H3,(H,12,13)(H,14,16,17). The maximum atomic E-state index is 5.29. The number of aryl methyl sites for hydroxylation is 1. The number of hydrogen-bond donors (Lipinski definition) is 2. The van der Waals surface area contributed by atoms with Crippen LogP contribution in [0.2, 0.25) is 0 Å². The van der Waals surface area contributed by atoms with E-state index in [1.54, 1.807) is 0 Å². The third kappa shape index (κ3) is 2.19. The molecule has 0 aromatic carbocycles. The van der Waals surface area contributed by atoms with E-state index < -0.39 is 0 Å². The first kappa shape index (κ1) is 12.4. The van der Waals surface area contributed by atoms with E-state index in [1.165, 1.54) is 0 Å². The molecule has 0 saturated heterocycles. The molecular weight excluding hydrogens is 252 g/mol. The Morgan fingerprint density at radius 1 is 1.29 bits per heavy atom. The molecular formula is C11H16N4S2. The van der Waals surface area contributed by atoms with E-state index in [1.807, 2.05) is 4.57 Å². The van der Waals surface area contributed by atoms with Crippen molar-refractivity contribution in [2.24, 2.45) is 0 Å². The Morgan fingerprint density at radius 2 is 2.00 bits per heavy atom. The lowest BCUT2D eigenvalue weighted by Gasteiger charge is -2.05. The zero-order valence-corrected chi connectivity index (χ0v) is 11.8. The number of nitrogens with one attached hydrogen (secondary N) is 2. The average Bonchev–Trinajstić information content (AvgIpc) is 2.69. The molecule has 0 radical (unpaired) electrons. The molecule has 2 aromatic rings. The Bertz CT molecular complexity index is 648. The van der Waals surface area contributed by atoms with Crippen LogP contribution in [0.1, 0.15) is 38.9 Å². The maximum absolute atomic E-state index is 5.29. The second kappa shape index (κ2) is 4.70. The minimum absolute atomic E-state index is 0.348. The lowest BCUT2D eigenvalue weighted by atomic mass is 10.2. The first-order valence-corrected chi connectivity index (χ1v) is 6.59. The Labute approximate surface area is 110 Å².